The number of rotatable bonds is 9. The first-order valence-electron chi connectivity index (χ1n) is 12.4. The fourth-order valence-corrected chi connectivity index (χ4v) is 5.99. The maximum atomic E-state index is 13.3. The molecule has 4 rings (SSSR count). The molecule has 0 spiro atoms. The summed E-state index contributed by atoms with van der Waals surface area (Å²) in [5.41, 5.74) is 2.66. The lowest BCUT2D eigenvalue weighted by atomic mass is 10.1. The van der Waals surface area contributed by atoms with Crippen LogP contribution in [0.1, 0.15) is 39.2 Å². The largest absolute Gasteiger partial charge is 0.351 e. The number of hydrogen-bond acceptors (Lipinski definition) is 6. The molecule has 3 aromatic rings. The van der Waals surface area contributed by atoms with Crippen LogP contribution in [0, 0.1) is 5.82 Å². The molecule has 1 atom stereocenters. The molecule has 1 aliphatic rings. The second-order valence-corrected chi connectivity index (χ2v) is 11.4. The minimum absolute atomic E-state index is 0.0597. The number of halogens is 1. The molecule has 1 aromatic heterocycles. The number of sulfonamides is 1. The minimum atomic E-state index is -3.96. The summed E-state index contributed by atoms with van der Waals surface area (Å²) >= 11 is 0. The van der Waals surface area contributed by atoms with Crippen molar-refractivity contribution in [3.8, 4) is 11.1 Å². The Morgan fingerprint density at radius 1 is 1.14 bits per heavy atom. The fraction of sp³-hybridized carbons (Fsp3) is 0.370. The molecule has 37 heavy (non-hydrogen) atoms. The Morgan fingerprint density at radius 3 is 2.46 bits per heavy atom. The van der Waals surface area contributed by atoms with Gasteiger partial charge in [0.1, 0.15) is 5.82 Å². The van der Waals surface area contributed by atoms with Crippen molar-refractivity contribution in [1.82, 2.24) is 19.6 Å². The van der Waals surface area contributed by atoms with Gasteiger partial charge >= 0.3 is 0 Å². The van der Waals surface area contributed by atoms with Crippen LogP contribution in [0.25, 0.3) is 11.1 Å². The Hall–Kier alpha value is -3.37. The van der Waals surface area contributed by atoms with Gasteiger partial charge in [-0.05, 0) is 75.1 Å². The summed E-state index contributed by atoms with van der Waals surface area (Å²) in [5.74, 6) is -0.224. The summed E-state index contributed by atoms with van der Waals surface area (Å²) in [6.07, 6.45) is 5.91. The van der Waals surface area contributed by atoms with Gasteiger partial charge in [0, 0.05) is 43.1 Å². The van der Waals surface area contributed by atoms with Gasteiger partial charge in [-0.25, -0.2) is 22.8 Å². The smallest absolute Gasteiger partial charge is 0.243 e. The molecule has 0 aliphatic carbocycles. The van der Waals surface area contributed by atoms with Gasteiger partial charge in [0.2, 0.25) is 21.9 Å². The SMILES string of the molecule is CC(C)N(CC(=O)NCc1cccc(-c2cnc(N3CCC[C@H]3C)nc2)c1)S(=O)(=O)c1ccc(F)cc1. The highest BCUT2D eigenvalue weighted by Crippen LogP contribution is 2.24. The molecule has 2 heterocycles. The lowest BCUT2D eigenvalue weighted by molar-refractivity contribution is -0.121. The average Bonchev–Trinajstić information content (AvgIpc) is 3.32. The zero-order valence-corrected chi connectivity index (χ0v) is 22.1. The number of nitrogens with zero attached hydrogens (tertiary/aromatic N) is 4. The maximum Gasteiger partial charge on any atom is 0.243 e. The number of aromatic nitrogens is 2. The number of nitrogens with one attached hydrogen (secondary N) is 1. The van der Waals surface area contributed by atoms with E-state index in [2.05, 4.69) is 27.1 Å². The first kappa shape index (κ1) is 26.7. The van der Waals surface area contributed by atoms with Crippen molar-refractivity contribution in [2.75, 3.05) is 18.0 Å². The quantitative estimate of drug-likeness (QED) is 0.454. The Balaban J connectivity index is 1.40. The third-order valence-corrected chi connectivity index (χ3v) is 8.53. The van der Waals surface area contributed by atoms with Crippen LogP contribution in [0.15, 0.2) is 65.8 Å². The van der Waals surface area contributed by atoms with Crippen molar-refractivity contribution < 1.29 is 17.6 Å². The first-order valence-corrected chi connectivity index (χ1v) is 13.8. The molecule has 8 nitrogen and oxygen atoms in total. The van der Waals surface area contributed by atoms with E-state index in [1.54, 1.807) is 13.8 Å². The van der Waals surface area contributed by atoms with E-state index < -0.39 is 27.8 Å². The summed E-state index contributed by atoms with van der Waals surface area (Å²) in [7, 11) is -3.96. The lowest BCUT2D eigenvalue weighted by Gasteiger charge is -2.25. The Bertz CT molecular complexity index is 1330. The highest BCUT2D eigenvalue weighted by atomic mass is 32.2. The summed E-state index contributed by atoms with van der Waals surface area (Å²) in [5, 5.41) is 2.80. The predicted molar refractivity (Wildman–Crippen MR) is 141 cm³/mol. The molecule has 0 unspecified atom stereocenters. The van der Waals surface area contributed by atoms with Crippen molar-refractivity contribution in [3.05, 3.63) is 72.3 Å². The maximum absolute atomic E-state index is 13.3. The summed E-state index contributed by atoms with van der Waals surface area (Å²) < 4.78 is 40.4. The molecule has 1 fully saturated rings. The second-order valence-electron chi connectivity index (χ2n) is 9.53. The van der Waals surface area contributed by atoms with Crippen LogP contribution >= 0.6 is 0 Å². The molecular weight excluding hydrogens is 493 g/mol. The van der Waals surface area contributed by atoms with E-state index in [1.807, 2.05) is 36.7 Å². The molecule has 1 N–H and O–H groups in total. The lowest BCUT2D eigenvalue weighted by Crippen LogP contribution is -2.44. The van der Waals surface area contributed by atoms with Crippen molar-refractivity contribution in [1.29, 1.82) is 0 Å². The van der Waals surface area contributed by atoms with Gasteiger partial charge < -0.3 is 10.2 Å². The fourth-order valence-electron chi connectivity index (χ4n) is 4.39. The monoisotopic (exact) mass is 525 g/mol. The normalized spacial score (nSPS) is 15.9. The van der Waals surface area contributed by atoms with E-state index in [0.29, 0.717) is 6.04 Å². The molecule has 10 heteroatoms. The van der Waals surface area contributed by atoms with Crippen molar-refractivity contribution in [2.45, 2.75) is 57.1 Å². The Labute approximate surface area is 217 Å². The van der Waals surface area contributed by atoms with E-state index in [4.69, 9.17) is 0 Å². The Kier molecular flexibility index (Phi) is 8.19. The second kappa shape index (κ2) is 11.4. The third-order valence-electron chi connectivity index (χ3n) is 6.49. The van der Waals surface area contributed by atoms with Gasteiger partial charge in [0.05, 0.1) is 11.4 Å². The van der Waals surface area contributed by atoms with Gasteiger partial charge in [-0.1, -0.05) is 18.2 Å². The zero-order valence-electron chi connectivity index (χ0n) is 21.3. The zero-order chi connectivity index (χ0) is 26.6. The van der Waals surface area contributed by atoms with Crippen LogP contribution in [-0.2, 0) is 21.4 Å². The third kappa shape index (κ3) is 6.31. The Morgan fingerprint density at radius 2 is 1.84 bits per heavy atom. The highest BCUT2D eigenvalue weighted by molar-refractivity contribution is 7.89. The standard InChI is InChI=1S/C27H32FN5O3S/c1-19(2)33(37(35,36)25-11-9-24(28)10-12-25)18-26(34)29-15-21-7-4-8-22(14-21)23-16-30-27(31-17-23)32-13-5-6-20(32)3/h4,7-12,14,16-17,19-20H,5-6,13,15,18H2,1-3H3,(H,29,34)/t20-/m1/s1. The van der Waals surface area contributed by atoms with E-state index >= 15 is 0 Å². The van der Waals surface area contributed by atoms with E-state index in [1.165, 1.54) is 12.1 Å². The minimum Gasteiger partial charge on any atom is -0.351 e. The first-order chi connectivity index (χ1) is 17.6. The number of benzene rings is 2. The summed E-state index contributed by atoms with van der Waals surface area (Å²) in [4.78, 5) is 24.0. The van der Waals surface area contributed by atoms with Crippen LogP contribution < -0.4 is 10.2 Å². The molecular formula is C27H32FN5O3S. The molecule has 196 valence electrons. The van der Waals surface area contributed by atoms with Gasteiger partial charge in [-0.15, -0.1) is 0 Å². The molecule has 0 radical (unpaired) electrons. The van der Waals surface area contributed by atoms with Gasteiger partial charge in [-0.2, -0.15) is 4.31 Å². The van der Waals surface area contributed by atoms with Crippen molar-refractivity contribution in [3.63, 3.8) is 0 Å². The number of amides is 1. The number of hydrogen-bond donors (Lipinski definition) is 1. The van der Waals surface area contributed by atoms with Crippen LogP contribution in [0.4, 0.5) is 10.3 Å². The number of carbonyl (C=O) groups is 1. The highest BCUT2D eigenvalue weighted by Gasteiger charge is 2.29. The van der Waals surface area contributed by atoms with E-state index in [-0.39, 0.29) is 18.0 Å². The molecule has 0 saturated carbocycles. The molecule has 1 aliphatic heterocycles. The molecule has 0 bridgehead atoms. The van der Waals surface area contributed by atoms with Crippen LogP contribution in [0.3, 0.4) is 0 Å². The van der Waals surface area contributed by atoms with Gasteiger partial charge in [0.15, 0.2) is 0 Å². The van der Waals surface area contributed by atoms with E-state index in [0.717, 1.165) is 58.5 Å². The topological polar surface area (TPSA) is 95.5 Å². The van der Waals surface area contributed by atoms with Gasteiger partial charge in [0.25, 0.3) is 0 Å². The summed E-state index contributed by atoms with van der Waals surface area (Å²) in [6.45, 7) is 6.42. The van der Waals surface area contributed by atoms with Crippen molar-refractivity contribution in [2.24, 2.45) is 0 Å². The number of carbonyl (C=O) groups excluding carboxylic acids is 1. The van der Waals surface area contributed by atoms with Crippen LogP contribution in [-0.4, -0.2) is 53.8 Å². The molecule has 1 amide bonds. The molecule has 1 saturated heterocycles. The average molecular weight is 526 g/mol. The molecule has 2 aromatic carbocycles. The van der Waals surface area contributed by atoms with E-state index in [9.17, 15) is 17.6 Å². The summed E-state index contributed by atoms with van der Waals surface area (Å²) in [6, 6.07) is 12.2. The van der Waals surface area contributed by atoms with Gasteiger partial charge in [-0.3, -0.25) is 4.79 Å². The predicted octanol–water partition coefficient (Wildman–Crippen LogP) is 3.99. The van der Waals surface area contributed by atoms with Crippen LogP contribution in [0.5, 0.6) is 0 Å². The number of anilines is 1. The van der Waals surface area contributed by atoms with Crippen molar-refractivity contribution >= 4 is 21.9 Å². The van der Waals surface area contributed by atoms with Crippen LogP contribution in [0.2, 0.25) is 0 Å².